The van der Waals surface area contributed by atoms with E-state index < -0.39 is 0 Å². The van der Waals surface area contributed by atoms with Crippen molar-refractivity contribution in [2.45, 2.75) is 26.2 Å². The molecule has 0 atom stereocenters. The number of hydrogen-bond acceptors (Lipinski definition) is 3. The van der Waals surface area contributed by atoms with Crippen LogP contribution in [0.4, 0.5) is 5.13 Å². The van der Waals surface area contributed by atoms with Crippen LogP contribution in [-0.4, -0.2) is 10.9 Å². The Hall–Kier alpha value is -2.98. The second kappa shape index (κ2) is 7.95. The van der Waals surface area contributed by atoms with Crippen LogP contribution in [0, 0.1) is 0 Å². The van der Waals surface area contributed by atoms with Crippen LogP contribution in [0.25, 0.3) is 10.2 Å². The van der Waals surface area contributed by atoms with Crippen LogP contribution in [-0.2, 0) is 6.42 Å². The first-order chi connectivity index (χ1) is 13.6. The van der Waals surface area contributed by atoms with Gasteiger partial charge in [0, 0.05) is 5.56 Å². The van der Waals surface area contributed by atoms with Gasteiger partial charge >= 0.3 is 0 Å². The quantitative estimate of drug-likeness (QED) is 0.440. The minimum Gasteiger partial charge on any atom is -0.298 e. The Morgan fingerprint density at radius 3 is 2.39 bits per heavy atom. The molecule has 4 heteroatoms. The van der Waals surface area contributed by atoms with E-state index in [1.54, 1.807) is 0 Å². The highest BCUT2D eigenvalue weighted by Gasteiger charge is 2.11. The maximum Gasteiger partial charge on any atom is 0.257 e. The molecule has 1 heterocycles. The third-order valence-electron chi connectivity index (χ3n) is 4.77. The molecule has 4 rings (SSSR count). The van der Waals surface area contributed by atoms with E-state index in [1.807, 2.05) is 48.5 Å². The summed E-state index contributed by atoms with van der Waals surface area (Å²) in [5.41, 5.74) is 5.28. The molecule has 0 aliphatic heterocycles. The lowest BCUT2D eigenvalue weighted by molar-refractivity contribution is 0.102. The van der Waals surface area contributed by atoms with E-state index in [9.17, 15) is 4.79 Å². The molecule has 3 aromatic carbocycles. The molecule has 0 radical (unpaired) electrons. The van der Waals surface area contributed by atoms with Crippen molar-refractivity contribution >= 4 is 32.6 Å². The number of nitrogens with one attached hydrogen (secondary N) is 1. The fraction of sp³-hybridized carbons (Fsp3) is 0.167. The van der Waals surface area contributed by atoms with E-state index in [2.05, 4.69) is 48.4 Å². The Balaban J connectivity index is 1.46. The molecule has 1 amide bonds. The lowest BCUT2D eigenvalue weighted by Crippen LogP contribution is -2.11. The van der Waals surface area contributed by atoms with Gasteiger partial charge in [-0.3, -0.25) is 10.1 Å². The predicted octanol–water partition coefficient (Wildman–Crippen LogP) is 6.26. The summed E-state index contributed by atoms with van der Waals surface area (Å²) in [5.74, 6) is 0.341. The Bertz CT molecular complexity index is 1100. The topological polar surface area (TPSA) is 42.0 Å². The summed E-state index contributed by atoms with van der Waals surface area (Å²) in [7, 11) is 0. The van der Waals surface area contributed by atoms with Crippen LogP contribution in [0.3, 0.4) is 0 Å². The van der Waals surface area contributed by atoms with Crippen molar-refractivity contribution in [1.29, 1.82) is 0 Å². The van der Waals surface area contributed by atoms with Gasteiger partial charge < -0.3 is 0 Å². The molecule has 0 aliphatic rings. The molecule has 140 valence electrons. The van der Waals surface area contributed by atoms with Crippen LogP contribution < -0.4 is 5.32 Å². The van der Waals surface area contributed by atoms with E-state index in [4.69, 9.17) is 0 Å². The number of aromatic nitrogens is 1. The molecule has 0 fully saturated rings. The summed E-state index contributed by atoms with van der Waals surface area (Å²) >= 11 is 1.51. The number of anilines is 1. The molecule has 0 saturated carbocycles. The van der Waals surface area contributed by atoms with Crippen LogP contribution in [0.15, 0.2) is 72.8 Å². The van der Waals surface area contributed by atoms with Gasteiger partial charge in [-0.05, 0) is 53.3 Å². The van der Waals surface area contributed by atoms with Crippen LogP contribution in [0.2, 0.25) is 0 Å². The van der Waals surface area contributed by atoms with Crippen molar-refractivity contribution in [2.75, 3.05) is 5.32 Å². The summed E-state index contributed by atoms with van der Waals surface area (Å²) in [5, 5.41) is 3.57. The molecule has 0 aliphatic carbocycles. The highest BCUT2D eigenvalue weighted by Crippen LogP contribution is 2.29. The van der Waals surface area contributed by atoms with Crippen molar-refractivity contribution in [2.24, 2.45) is 0 Å². The number of carbonyl (C=O) groups is 1. The summed E-state index contributed by atoms with van der Waals surface area (Å²) < 4.78 is 1.10. The second-order valence-electron chi connectivity index (χ2n) is 7.21. The summed E-state index contributed by atoms with van der Waals surface area (Å²) in [6.45, 7) is 4.35. The lowest BCUT2D eigenvalue weighted by atomic mass is 10.0. The van der Waals surface area contributed by atoms with Crippen molar-refractivity contribution < 1.29 is 4.79 Å². The van der Waals surface area contributed by atoms with Gasteiger partial charge in [0.1, 0.15) is 0 Å². The lowest BCUT2D eigenvalue weighted by Gasteiger charge is -2.05. The molecule has 3 nitrogen and oxygen atoms in total. The predicted molar refractivity (Wildman–Crippen MR) is 117 cm³/mol. The zero-order valence-electron chi connectivity index (χ0n) is 16.0. The van der Waals surface area contributed by atoms with Crippen molar-refractivity contribution in [3.8, 4) is 0 Å². The second-order valence-corrected chi connectivity index (χ2v) is 8.24. The highest BCUT2D eigenvalue weighted by molar-refractivity contribution is 7.22. The summed E-state index contributed by atoms with van der Waals surface area (Å²) in [4.78, 5) is 17.1. The van der Waals surface area contributed by atoms with Gasteiger partial charge in [-0.25, -0.2) is 4.98 Å². The zero-order chi connectivity index (χ0) is 19.5. The average molecular weight is 387 g/mol. The van der Waals surface area contributed by atoms with E-state index in [0.717, 1.165) is 16.6 Å². The number of rotatable bonds is 5. The molecule has 1 aromatic heterocycles. The molecule has 0 unspecified atom stereocenters. The number of hydrogen-bond donors (Lipinski definition) is 1. The van der Waals surface area contributed by atoms with Crippen LogP contribution >= 0.6 is 11.3 Å². The molecule has 1 N–H and O–H groups in total. The SMILES string of the molecule is CC(C)c1ccc2nc(NC(=O)c3ccc(Cc4ccccc4)cc3)sc2c1. The van der Waals surface area contributed by atoms with E-state index >= 15 is 0 Å². The third kappa shape index (κ3) is 4.12. The molecule has 0 bridgehead atoms. The average Bonchev–Trinajstić information content (AvgIpc) is 3.10. The maximum atomic E-state index is 12.6. The van der Waals surface area contributed by atoms with Gasteiger partial charge in [0.2, 0.25) is 0 Å². The number of fused-ring (bicyclic) bond motifs is 1. The number of amides is 1. The van der Waals surface area contributed by atoms with Crippen LogP contribution in [0.5, 0.6) is 0 Å². The standard InChI is InChI=1S/C24H22N2OS/c1-16(2)20-12-13-21-22(15-20)28-24(25-21)26-23(27)19-10-8-18(9-11-19)14-17-6-4-3-5-7-17/h3-13,15-16H,14H2,1-2H3,(H,25,26,27). The molecule has 0 saturated heterocycles. The maximum absolute atomic E-state index is 12.6. The van der Waals surface area contributed by atoms with Gasteiger partial charge in [0.05, 0.1) is 10.2 Å². The molecular weight excluding hydrogens is 364 g/mol. The fourth-order valence-electron chi connectivity index (χ4n) is 3.13. The molecule has 28 heavy (non-hydrogen) atoms. The van der Waals surface area contributed by atoms with Gasteiger partial charge in [0.25, 0.3) is 5.91 Å². The van der Waals surface area contributed by atoms with Crippen molar-refractivity contribution in [3.63, 3.8) is 0 Å². The smallest absolute Gasteiger partial charge is 0.257 e. The van der Waals surface area contributed by atoms with Gasteiger partial charge in [-0.1, -0.05) is 73.7 Å². The Labute approximate surface area is 169 Å². The normalized spacial score (nSPS) is 11.1. The minimum absolute atomic E-state index is 0.130. The van der Waals surface area contributed by atoms with E-state index in [1.165, 1.54) is 28.0 Å². The van der Waals surface area contributed by atoms with Gasteiger partial charge in [0.15, 0.2) is 5.13 Å². The summed E-state index contributed by atoms with van der Waals surface area (Å²) in [6.07, 6.45) is 0.860. The zero-order valence-corrected chi connectivity index (χ0v) is 16.8. The van der Waals surface area contributed by atoms with Crippen LogP contribution in [0.1, 0.15) is 46.8 Å². The van der Waals surface area contributed by atoms with Gasteiger partial charge in [-0.2, -0.15) is 0 Å². The number of nitrogens with zero attached hydrogens (tertiary/aromatic N) is 1. The first-order valence-corrected chi connectivity index (χ1v) is 10.2. The molecular formula is C24H22N2OS. The summed E-state index contributed by atoms with van der Waals surface area (Å²) in [6, 6.07) is 24.4. The molecule has 4 aromatic rings. The number of benzene rings is 3. The number of carbonyl (C=O) groups excluding carboxylic acids is 1. The third-order valence-corrected chi connectivity index (χ3v) is 5.70. The first-order valence-electron chi connectivity index (χ1n) is 9.43. The largest absolute Gasteiger partial charge is 0.298 e. The van der Waals surface area contributed by atoms with Crippen molar-refractivity contribution in [3.05, 3.63) is 95.1 Å². The first kappa shape index (κ1) is 18.4. The fourth-order valence-corrected chi connectivity index (χ4v) is 4.04. The number of thiazole rings is 1. The Kier molecular flexibility index (Phi) is 5.22. The molecule has 0 spiro atoms. The van der Waals surface area contributed by atoms with E-state index in [0.29, 0.717) is 16.6 Å². The Morgan fingerprint density at radius 2 is 1.68 bits per heavy atom. The van der Waals surface area contributed by atoms with Crippen molar-refractivity contribution in [1.82, 2.24) is 4.98 Å². The van der Waals surface area contributed by atoms with Gasteiger partial charge in [-0.15, -0.1) is 0 Å². The minimum atomic E-state index is -0.130. The van der Waals surface area contributed by atoms with E-state index in [-0.39, 0.29) is 5.91 Å². The Morgan fingerprint density at radius 1 is 0.964 bits per heavy atom. The highest BCUT2D eigenvalue weighted by atomic mass is 32.1. The monoisotopic (exact) mass is 386 g/mol.